The number of hydrogen-bond acceptors (Lipinski definition) is 2. The molecule has 3 unspecified atom stereocenters. The molecule has 0 bridgehead atoms. The van der Waals surface area contributed by atoms with Crippen LogP contribution in [0.5, 0.6) is 0 Å². The minimum atomic E-state index is 0.583. The van der Waals surface area contributed by atoms with Crippen molar-refractivity contribution in [2.45, 2.75) is 38.0 Å². The predicted molar refractivity (Wildman–Crippen MR) is 89.5 cm³/mol. The molecule has 1 saturated carbocycles. The van der Waals surface area contributed by atoms with Crippen molar-refractivity contribution in [2.24, 2.45) is 11.8 Å². The van der Waals surface area contributed by atoms with E-state index < -0.39 is 0 Å². The minimum Gasteiger partial charge on any atom is -0.302 e. The number of fused-ring (bicyclic) bond motifs is 1. The SMILES string of the molecule is SCC(CN1CCC2CCCCC2C1)c1ccccc1. The molecule has 2 fully saturated rings. The maximum absolute atomic E-state index is 4.59. The topological polar surface area (TPSA) is 3.24 Å². The Kier molecular flexibility index (Phi) is 5.06. The Balaban J connectivity index is 1.59. The third kappa shape index (κ3) is 3.40. The van der Waals surface area contributed by atoms with Gasteiger partial charge in [-0.25, -0.2) is 0 Å². The molecule has 0 spiro atoms. The molecule has 1 heterocycles. The van der Waals surface area contributed by atoms with E-state index in [1.165, 1.54) is 57.3 Å². The van der Waals surface area contributed by atoms with E-state index in [2.05, 4.69) is 47.9 Å². The lowest BCUT2D eigenvalue weighted by molar-refractivity contribution is 0.0839. The van der Waals surface area contributed by atoms with Gasteiger partial charge in [0.15, 0.2) is 0 Å². The van der Waals surface area contributed by atoms with E-state index in [1.54, 1.807) is 0 Å². The molecule has 110 valence electrons. The van der Waals surface area contributed by atoms with E-state index in [9.17, 15) is 0 Å². The highest BCUT2D eigenvalue weighted by atomic mass is 32.1. The van der Waals surface area contributed by atoms with Crippen LogP contribution in [0.15, 0.2) is 30.3 Å². The summed E-state index contributed by atoms with van der Waals surface area (Å²) in [5.74, 6) is 3.55. The number of benzene rings is 1. The molecular weight excluding hydrogens is 262 g/mol. The molecule has 0 amide bonds. The Morgan fingerprint density at radius 1 is 1.05 bits per heavy atom. The van der Waals surface area contributed by atoms with Crippen LogP contribution >= 0.6 is 12.6 Å². The first-order valence-electron chi connectivity index (χ1n) is 8.25. The second-order valence-corrected chi connectivity index (χ2v) is 7.01. The van der Waals surface area contributed by atoms with Gasteiger partial charge in [0, 0.05) is 19.0 Å². The summed E-state index contributed by atoms with van der Waals surface area (Å²) in [6.45, 7) is 3.83. The molecule has 1 aliphatic heterocycles. The molecule has 0 aromatic heterocycles. The summed E-state index contributed by atoms with van der Waals surface area (Å²) in [6.07, 6.45) is 7.33. The van der Waals surface area contributed by atoms with Crippen LogP contribution in [0.3, 0.4) is 0 Å². The van der Waals surface area contributed by atoms with Gasteiger partial charge in [-0.15, -0.1) is 0 Å². The van der Waals surface area contributed by atoms with E-state index in [4.69, 9.17) is 0 Å². The molecule has 1 aromatic carbocycles. The van der Waals surface area contributed by atoms with Crippen molar-refractivity contribution in [3.8, 4) is 0 Å². The lowest BCUT2D eigenvalue weighted by Gasteiger charge is -2.42. The Bertz CT molecular complexity index is 405. The second-order valence-electron chi connectivity index (χ2n) is 6.64. The van der Waals surface area contributed by atoms with Gasteiger partial charge in [0.1, 0.15) is 0 Å². The van der Waals surface area contributed by atoms with Crippen molar-refractivity contribution in [2.75, 3.05) is 25.4 Å². The molecule has 3 rings (SSSR count). The van der Waals surface area contributed by atoms with Gasteiger partial charge in [-0.2, -0.15) is 12.6 Å². The molecule has 2 aliphatic rings. The van der Waals surface area contributed by atoms with Crippen molar-refractivity contribution in [3.63, 3.8) is 0 Å². The van der Waals surface area contributed by atoms with Gasteiger partial charge in [-0.05, 0) is 42.5 Å². The van der Waals surface area contributed by atoms with Crippen molar-refractivity contribution in [1.29, 1.82) is 0 Å². The second kappa shape index (κ2) is 7.00. The van der Waals surface area contributed by atoms with E-state index in [-0.39, 0.29) is 0 Å². The maximum Gasteiger partial charge on any atom is 0.00582 e. The molecule has 1 nitrogen and oxygen atoms in total. The van der Waals surface area contributed by atoms with E-state index >= 15 is 0 Å². The molecule has 0 N–H and O–H groups in total. The highest BCUT2D eigenvalue weighted by molar-refractivity contribution is 7.80. The summed E-state index contributed by atoms with van der Waals surface area (Å²) in [7, 11) is 0. The molecule has 3 atom stereocenters. The Morgan fingerprint density at radius 3 is 2.55 bits per heavy atom. The van der Waals surface area contributed by atoms with Gasteiger partial charge < -0.3 is 4.90 Å². The average molecular weight is 289 g/mol. The van der Waals surface area contributed by atoms with Gasteiger partial charge in [0.05, 0.1) is 0 Å². The van der Waals surface area contributed by atoms with Crippen LogP contribution in [-0.4, -0.2) is 30.3 Å². The molecule has 1 aliphatic carbocycles. The first kappa shape index (κ1) is 14.5. The summed E-state index contributed by atoms with van der Waals surface area (Å²) < 4.78 is 0. The Labute approximate surface area is 129 Å². The molecule has 1 aromatic rings. The van der Waals surface area contributed by atoms with Crippen molar-refractivity contribution < 1.29 is 0 Å². The molecular formula is C18H27NS. The van der Waals surface area contributed by atoms with Crippen LogP contribution in [0.25, 0.3) is 0 Å². The lowest BCUT2D eigenvalue weighted by Crippen LogP contribution is -2.43. The van der Waals surface area contributed by atoms with Crippen LogP contribution in [-0.2, 0) is 0 Å². The summed E-state index contributed by atoms with van der Waals surface area (Å²) >= 11 is 4.59. The zero-order valence-electron chi connectivity index (χ0n) is 12.4. The smallest absolute Gasteiger partial charge is 0.00582 e. The van der Waals surface area contributed by atoms with Crippen LogP contribution < -0.4 is 0 Å². The third-order valence-corrected chi connectivity index (χ3v) is 5.79. The quantitative estimate of drug-likeness (QED) is 0.813. The van der Waals surface area contributed by atoms with Crippen molar-refractivity contribution in [3.05, 3.63) is 35.9 Å². The van der Waals surface area contributed by atoms with Gasteiger partial charge >= 0.3 is 0 Å². The van der Waals surface area contributed by atoms with E-state index in [0.717, 1.165) is 17.6 Å². The fourth-order valence-electron chi connectivity index (χ4n) is 4.15. The molecule has 20 heavy (non-hydrogen) atoms. The first-order valence-corrected chi connectivity index (χ1v) is 8.88. The number of rotatable bonds is 4. The third-order valence-electron chi connectivity index (χ3n) is 5.35. The standard InChI is InChI=1S/C18H27NS/c20-14-18(15-6-2-1-3-7-15)13-19-11-10-16-8-4-5-9-17(16)12-19/h1-3,6-7,16-18,20H,4-5,8-14H2. The molecule has 1 saturated heterocycles. The van der Waals surface area contributed by atoms with Gasteiger partial charge in [0.2, 0.25) is 0 Å². The van der Waals surface area contributed by atoms with E-state index in [0.29, 0.717) is 5.92 Å². The molecule has 2 heteroatoms. The van der Waals surface area contributed by atoms with Crippen molar-refractivity contribution in [1.82, 2.24) is 4.90 Å². The molecule has 0 radical (unpaired) electrons. The lowest BCUT2D eigenvalue weighted by atomic mass is 9.75. The van der Waals surface area contributed by atoms with Crippen LogP contribution in [0.1, 0.15) is 43.6 Å². The summed E-state index contributed by atoms with van der Waals surface area (Å²) in [5.41, 5.74) is 1.45. The van der Waals surface area contributed by atoms with Crippen LogP contribution in [0.2, 0.25) is 0 Å². The number of hydrogen-bond donors (Lipinski definition) is 1. The zero-order chi connectivity index (χ0) is 13.8. The summed E-state index contributed by atoms with van der Waals surface area (Å²) in [4.78, 5) is 2.71. The summed E-state index contributed by atoms with van der Waals surface area (Å²) in [5, 5.41) is 0. The van der Waals surface area contributed by atoms with Crippen molar-refractivity contribution >= 4 is 12.6 Å². The first-order chi connectivity index (χ1) is 9.86. The monoisotopic (exact) mass is 289 g/mol. The van der Waals surface area contributed by atoms with Gasteiger partial charge in [0.25, 0.3) is 0 Å². The number of nitrogens with zero attached hydrogens (tertiary/aromatic N) is 1. The largest absolute Gasteiger partial charge is 0.302 e. The predicted octanol–water partition coefficient (Wildman–Crippen LogP) is 4.21. The minimum absolute atomic E-state index is 0.583. The zero-order valence-corrected chi connectivity index (χ0v) is 13.3. The summed E-state index contributed by atoms with van der Waals surface area (Å²) in [6, 6.07) is 10.9. The average Bonchev–Trinajstić information content (AvgIpc) is 2.53. The fourth-order valence-corrected chi connectivity index (χ4v) is 4.47. The van der Waals surface area contributed by atoms with Crippen LogP contribution in [0, 0.1) is 11.8 Å². The Hall–Kier alpha value is -0.470. The normalized spacial score (nSPS) is 28.9. The number of likely N-dealkylation sites (tertiary alicyclic amines) is 1. The van der Waals surface area contributed by atoms with Crippen LogP contribution in [0.4, 0.5) is 0 Å². The number of thiol groups is 1. The fraction of sp³-hybridized carbons (Fsp3) is 0.667. The highest BCUT2D eigenvalue weighted by Crippen LogP contribution is 2.36. The van der Waals surface area contributed by atoms with Gasteiger partial charge in [-0.1, -0.05) is 49.6 Å². The van der Waals surface area contributed by atoms with E-state index in [1.807, 2.05) is 0 Å². The van der Waals surface area contributed by atoms with Gasteiger partial charge in [-0.3, -0.25) is 0 Å². The highest BCUT2D eigenvalue weighted by Gasteiger charge is 2.31. The number of piperidine rings is 1. The Morgan fingerprint density at radius 2 is 1.80 bits per heavy atom. The maximum atomic E-state index is 4.59.